The molecule has 212 valence electrons. The number of rotatable bonds is 12. The Hall–Kier alpha value is -3.35. The van der Waals surface area contributed by atoms with Crippen LogP contribution in [0.5, 0.6) is 0 Å². The molecule has 0 saturated carbocycles. The standard InChI is InChI=1S/C33H33F6N/c1-2-3-4-5-6-7-23-10-16-27(40-21-23)15-9-22-11-17-28-26(18-22)14-13-25(32(28)36)12-8-24-19-29(34)31(30(35)20-24)33(37,38)39/h10-11,13-14,16-21H,2-9,12,15H2,1H3. The third-order valence-electron chi connectivity index (χ3n) is 7.29. The van der Waals surface area contributed by atoms with E-state index in [1.54, 1.807) is 18.2 Å². The van der Waals surface area contributed by atoms with Crippen molar-refractivity contribution in [3.05, 3.63) is 112 Å². The van der Waals surface area contributed by atoms with Gasteiger partial charge in [0.2, 0.25) is 0 Å². The lowest BCUT2D eigenvalue weighted by molar-refractivity contribution is -0.142. The van der Waals surface area contributed by atoms with Gasteiger partial charge in [-0.2, -0.15) is 13.2 Å². The highest BCUT2D eigenvalue weighted by Crippen LogP contribution is 2.34. The van der Waals surface area contributed by atoms with Gasteiger partial charge in [-0.1, -0.05) is 69.0 Å². The Morgan fingerprint density at radius 1 is 0.650 bits per heavy atom. The lowest BCUT2D eigenvalue weighted by atomic mass is 9.97. The second-order valence-electron chi connectivity index (χ2n) is 10.3. The van der Waals surface area contributed by atoms with Gasteiger partial charge in [-0.05, 0) is 84.4 Å². The Kier molecular flexibility index (Phi) is 9.88. The molecule has 0 aliphatic heterocycles. The molecule has 0 atom stereocenters. The van der Waals surface area contributed by atoms with E-state index in [1.165, 1.54) is 37.7 Å². The summed E-state index contributed by atoms with van der Waals surface area (Å²) < 4.78 is 81.4. The molecule has 1 nitrogen and oxygen atoms in total. The van der Waals surface area contributed by atoms with Crippen molar-refractivity contribution in [2.45, 2.75) is 77.3 Å². The van der Waals surface area contributed by atoms with Crippen LogP contribution < -0.4 is 0 Å². The van der Waals surface area contributed by atoms with Gasteiger partial charge in [0.05, 0.1) is 0 Å². The van der Waals surface area contributed by atoms with Crippen LogP contribution in [0.2, 0.25) is 0 Å². The van der Waals surface area contributed by atoms with Crippen molar-refractivity contribution in [2.24, 2.45) is 0 Å². The zero-order chi connectivity index (χ0) is 28.7. The number of aryl methyl sites for hydroxylation is 5. The Morgan fingerprint density at radius 3 is 2.02 bits per heavy atom. The van der Waals surface area contributed by atoms with Gasteiger partial charge in [-0.3, -0.25) is 4.98 Å². The van der Waals surface area contributed by atoms with Gasteiger partial charge in [0.25, 0.3) is 0 Å². The molecule has 1 aromatic heterocycles. The van der Waals surface area contributed by atoms with Crippen LogP contribution >= 0.6 is 0 Å². The van der Waals surface area contributed by atoms with E-state index >= 15 is 4.39 Å². The Bertz CT molecular complexity index is 1400. The van der Waals surface area contributed by atoms with E-state index in [-0.39, 0.29) is 18.4 Å². The first-order chi connectivity index (χ1) is 19.2. The highest BCUT2D eigenvalue weighted by Gasteiger charge is 2.37. The van der Waals surface area contributed by atoms with Gasteiger partial charge in [0.1, 0.15) is 23.0 Å². The normalized spacial score (nSPS) is 11.9. The number of nitrogens with zero attached hydrogens (tertiary/aromatic N) is 1. The first kappa shape index (κ1) is 29.6. The van der Waals surface area contributed by atoms with Crippen LogP contribution in [0.3, 0.4) is 0 Å². The zero-order valence-corrected chi connectivity index (χ0v) is 22.6. The smallest absolute Gasteiger partial charge is 0.261 e. The number of pyridine rings is 1. The summed E-state index contributed by atoms with van der Waals surface area (Å²) >= 11 is 0. The molecule has 1 heterocycles. The summed E-state index contributed by atoms with van der Waals surface area (Å²) in [6.07, 6.45) is 5.74. The topological polar surface area (TPSA) is 12.9 Å². The number of halogens is 6. The number of hydrogen-bond donors (Lipinski definition) is 0. The van der Waals surface area contributed by atoms with Crippen LogP contribution in [0.25, 0.3) is 10.8 Å². The Morgan fingerprint density at radius 2 is 1.35 bits per heavy atom. The van der Waals surface area contributed by atoms with E-state index < -0.39 is 29.2 Å². The molecule has 0 amide bonds. The van der Waals surface area contributed by atoms with Crippen molar-refractivity contribution >= 4 is 10.8 Å². The third-order valence-corrected chi connectivity index (χ3v) is 7.29. The molecule has 4 rings (SSSR count). The molecule has 0 spiro atoms. The number of aromatic nitrogens is 1. The van der Waals surface area contributed by atoms with Crippen LogP contribution in [0.1, 0.15) is 72.5 Å². The van der Waals surface area contributed by atoms with Crippen molar-refractivity contribution in [1.82, 2.24) is 4.98 Å². The second-order valence-corrected chi connectivity index (χ2v) is 10.3. The third kappa shape index (κ3) is 7.64. The SMILES string of the molecule is CCCCCCCc1ccc(CCc2ccc3c(F)c(CCc4cc(F)c(C(F)(F)F)c(F)c4)ccc3c2)nc1. The van der Waals surface area contributed by atoms with E-state index in [2.05, 4.69) is 24.0 Å². The number of hydrogen-bond acceptors (Lipinski definition) is 1. The van der Waals surface area contributed by atoms with Gasteiger partial charge in [0, 0.05) is 17.3 Å². The number of alkyl halides is 3. The van der Waals surface area contributed by atoms with Crippen molar-refractivity contribution in [3.63, 3.8) is 0 Å². The quantitative estimate of drug-likeness (QED) is 0.125. The van der Waals surface area contributed by atoms with E-state index in [9.17, 15) is 22.0 Å². The molecule has 0 bridgehead atoms. The molecule has 0 fully saturated rings. The summed E-state index contributed by atoms with van der Waals surface area (Å²) in [5.41, 5.74) is 1.77. The summed E-state index contributed by atoms with van der Waals surface area (Å²) in [6.45, 7) is 2.21. The molecule has 7 heteroatoms. The van der Waals surface area contributed by atoms with Gasteiger partial charge >= 0.3 is 6.18 Å². The van der Waals surface area contributed by atoms with Crippen LogP contribution in [0, 0.1) is 17.5 Å². The lowest BCUT2D eigenvalue weighted by Gasteiger charge is -2.12. The van der Waals surface area contributed by atoms with E-state index in [0.717, 1.165) is 35.9 Å². The van der Waals surface area contributed by atoms with E-state index in [4.69, 9.17) is 0 Å². The molecule has 0 aliphatic carbocycles. The fourth-order valence-electron chi connectivity index (χ4n) is 5.01. The van der Waals surface area contributed by atoms with Gasteiger partial charge in [0.15, 0.2) is 0 Å². The molecule has 0 saturated heterocycles. The maximum atomic E-state index is 15.2. The van der Waals surface area contributed by atoms with E-state index in [0.29, 0.717) is 23.1 Å². The minimum absolute atomic E-state index is 0.00284. The zero-order valence-electron chi connectivity index (χ0n) is 22.6. The minimum Gasteiger partial charge on any atom is -0.261 e. The van der Waals surface area contributed by atoms with Gasteiger partial charge in [-0.25, -0.2) is 13.2 Å². The van der Waals surface area contributed by atoms with Crippen molar-refractivity contribution < 1.29 is 26.3 Å². The van der Waals surface area contributed by atoms with Crippen LogP contribution in [-0.2, 0) is 38.3 Å². The maximum absolute atomic E-state index is 15.2. The van der Waals surface area contributed by atoms with Crippen molar-refractivity contribution in [1.29, 1.82) is 0 Å². The fraction of sp³-hybridized carbons (Fsp3) is 0.364. The summed E-state index contributed by atoms with van der Waals surface area (Å²) in [5, 5.41) is 1.16. The number of benzene rings is 3. The molecule has 4 aromatic rings. The summed E-state index contributed by atoms with van der Waals surface area (Å²) in [5.74, 6) is -3.78. The summed E-state index contributed by atoms with van der Waals surface area (Å²) in [4.78, 5) is 4.61. The minimum atomic E-state index is -5.12. The first-order valence-corrected chi connectivity index (χ1v) is 13.8. The van der Waals surface area contributed by atoms with Crippen molar-refractivity contribution in [3.8, 4) is 0 Å². The molecular weight excluding hydrogens is 524 g/mol. The predicted octanol–water partition coefficient (Wildman–Crippen LogP) is 9.75. The average molecular weight is 558 g/mol. The molecule has 0 N–H and O–H groups in total. The van der Waals surface area contributed by atoms with Crippen LogP contribution in [0.4, 0.5) is 26.3 Å². The van der Waals surface area contributed by atoms with Crippen LogP contribution in [0.15, 0.2) is 60.8 Å². The maximum Gasteiger partial charge on any atom is 0.422 e. The predicted molar refractivity (Wildman–Crippen MR) is 147 cm³/mol. The van der Waals surface area contributed by atoms with Crippen molar-refractivity contribution in [2.75, 3.05) is 0 Å². The molecule has 0 radical (unpaired) electrons. The van der Waals surface area contributed by atoms with Gasteiger partial charge < -0.3 is 0 Å². The molecular formula is C33H33F6N. The first-order valence-electron chi connectivity index (χ1n) is 13.8. The Labute approximate surface area is 231 Å². The van der Waals surface area contributed by atoms with E-state index in [1.807, 2.05) is 18.3 Å². The number of fused-ring (bicyclic) bond motifs is 1. The molecule has 3 aromatic carbocycles. The second kappa shape index (κ2) is 13.3. The fourth-order valence-corrected chi connectivity index (χ4v) is 5.01. The number of unbranched alkanes of at least 4 members (excludes halogenated alkanes) is 4. The summed E-state index contributed by atoms with van der Waals surface area (Å²) in [7, 11) is 0. The largest absolute Gasteiger partial charge is 0.422 e. The molecule has 0 unspecified atom stereocenters. The highest BCUT2D eigenvalue weighted by molar-refractivity contribution is 5.84. The molecule has 0 aliphatic rings. The van der Waals surface area contributed by atoms with Gasteiger partial charge in [-0.15, -0.1) is 0 Å². The van der Waals surface area contributed by atoms with Crippen LogP contribution in [-0.4, -0.2) is 4.98 Å². The monoisotopic (exact) mass is 557 g/mol. The highest BCUT2D eigenvalue weighted by atomic mass is 19.4. The summed E-state index contributed by atoms with van der Waals surface area (Å²) in [6, 6.07) is 14.5. The lowest BCUT2D eigenvalue weighted by Crippen LogP contribution is -2.12. The Balaban J connectivity index is 1.35. The molecule has 40 heavy (non-hydrogen) atoms. The average Bonchev–Trinajstić information content (AvgIpc) is 2.91.